The van der Waals surface area contributed by atoms with Crippen LogP contribution in [0.15, 0.2) is 34.8 Å². The van der Waals surface area contributed by atoms with Crippen molar-refractivity contribution in [2.45, 2.75) is 31.4 Å². The molecule has 31 heavy (non-hydrogen) atoms. The minimum Gasteiger partial charge on any atom is -0.510 e. The molecule has 6 N–H and O–H groups in total. The molecule has 3 aliphatic rings. The molecule has 0 spiro atoms. The van der Waals surface area contributed by atoms with Crippen LogP contribution in [0.1, 0.15) is 27.9 Å². The summed E-state index contributed by atoms with van der Waals surface area (Å²) in [6.07, 6.45) is 0.379. The van der Waals surface area contributed by atoms with E-state index in [1.165, 1.54) is 11.0 Å². The van der Waals surface area contributed by atoms with Crippen molar-refractivity contribution in [3.8, 4) is 5.75 Å². The second kappa shape index (κ2) is 6.66. The number of likely N-dealkylation sites (N-methyl/N-ethyl adjacent to an activating group) is 1. The molecule has 3 aliphatic carbocycles. The smallest absolute Gasteiger partial charge is 0.255 e. The van der Waals surface area contributed by atoms with Gasteiger partial charge in [-0.15, -0.1) is 0 Å². The minimum absolute atomic E-state index is 0.0198. The van der Waals surface area contributed by atoms with Gasteiger partial charge in [0.05, 0.1) is 11.6 Å². The van der Waals surface area contributed by atoms with Crippen molar-refractivity contribution < 1.29 is 34.8 Å². The molecule has 0 saturated heterocycles. The Balaban J connectivity index is 1.97. The Bertz CT molecular complexity index is 1120. The van der Waals surface area contributed by atoms with Gasteiger partial charge in [-0.1, -0.05) is 6.07 Å². The lowest BCUT2D eigenvalue weighted by Gasteiger charge is -2.50. The number of ketones is 2. The van der Waals surface area contributed by atoms with Crippen molar-refractivity contribution in [2.75, 3.05) is 14.1 Å². The molecule has 0 fully saturated rings. The number of hydrogen-bond donors (Lipinski definition) is 5. The topological polar surface area (TPSA) is 161 Å². The maximum absolute atomic E-state index is 13.2. The van der Waals surface area contributed by atoms with Gasteiger partial charge in [0.1, 0.15) is 22.8 Å². The highest BCUT2D eigenvalue weighted by Gasteiger charge is 2.63. The van der Waals surface area contributed by atoms with Gasteiger partial charge in [-0.2, -0.15) is 0 Å². The van der Waals surface area contributed by atoms with Crippen LogP contribution in [0, 0.1) is 18.8 Å². The number of fused-ring (bicyclic) bond motifs is 3. The largest absolute Gasteiger partial charge is 0.510 e. The standard InChI is InChI=1S/C22H24N2O7/c1-8-4-9-6-10-7-11-16(24(2)3)18(27)15(21(23)30)20(29)22(11,31)19(28)14(10)17(26)13(9)12(25)5-8/h4-5,10-11,16,25,27-28,31H,6-7H2,1-3H3,(H2,23,30)/t10-,11-,16-,22-/m0/s1. The summed E-state index contributed by atoms with van der Waals surface area (Å²) in [5.74, 6) is -6.40. The lowest BCUT2D eigenvalue weighted by Crippen LogP contribution is -2.63. The second-order valence-corrected chi connectivity index (χ2v) is 8.78. The maximum atomic E-state index is 13.2. The Kier molecular flexibility index (Phi) is 4.53. The monoisotopic (exact) mass is 428 g/mol. The number of allylic oxidation sites excluding steroid dienone is 1. The van der Waals surface area contributed by atoms with Crippen LogP contribution in [-0.2, 0) is 16.0 Å². The molecule has 0 radical (unpaired) electrons. The van der Waals surface area contributed by atoms with E-state index in [-0.39, 0.29) is 23.3 Å². The van der Waals surface area contributed by atoms with Gasteiger partial charge >= 0.3 is 0 Å². The second-order valence-electron chi connectivity index (χ2n) is 8.78. The third kappa shape index (κ3) is 2.66. The summed E-state index contributed by atoms with van der Waals surface area (Å²) in [6.45, 7) is 1.78. The molecule has 1 aromatic carbocycles. The normalized spacial score (nSPS) is 30.3. The van der Waals surface area contributed by atoms with E-state index in [2.05, 4.69) is 0 Å². The van der Waals surface area contributed by atoms with Crippen LogP contribution in [0.5, 0.6) is 5.75 Å². The Morgan fingerprint density at radius 2 is 1.84 bits per heavy atom. The van der Waals surface area contributed by atoms with E-state index in [1.807, 2.05) is 0 Å². The summed E-state index contributed by atoms with van der Waals surface area (Å²) < 4.78 is 0. The van der Waals surface area contributed by atoms with Crippen LogP contribution in [0.2, 0.25) is 0 Å². The molecule has 164 valence electrons. The SMILES string of the molecule is Cc1cc(O)c2c(c1)C[C@H]1C[C@H]3[C@H](N(C)C)C(O)=C(C(N)=O)C(=O)[C@@]3(O)C(O)=C1C2=O. The van der Waals surface area contributed by atoms with Gasteiger partial charge in [0.2, 0.25) is 5.78 Å². The van der Waals surface area contributed by atoms with Gasteiger partial charge in [0, 0.05) is 11.5 Å². The zero-order valence-electron chi connectivity index (χ0n) is 17.3. The highest BCUT2D eigenvalue weighted by atomic mass is 16.3. The number of aromatic hydroxyl groups is 1. The average Bonchev–Trinajstić information content (AvgIpc) is 2.63. The van der Waals surface area contributed by atoms with Crippen LogP contribution in [-0.4, -0.2) is 68.5 Å². The van der Waals surface area contributed by atoms with Crippen molar-refractivity contribution in [1.29, 1.82) is 0 Å². The molecule has 0 heterocycles. The number of benzene rings is 1. The van der Waals surface area contributed by atoms with E-state index in [4.69, 9.17) is 5.73 Å². The van der Waals surface area contributed by atoms with Gasteiger partial charge in [-0.25, -0.2) is 0 Å². The number of nitrogens with zero attached hydrogens (tertiary/aromatic N) is 1. The van der Waals surface area contributed by atoms with E-state index < -0.39 is 58.0 Å². The maximum Gasteiger partial charge on any atom is 0.255 e. The fourth-order valence-corrected chi connectivity index (χ4v) is 5.43. The highest BCUT2D eigenvalue weighted by molar-refractivity contribution is 6.24. The van der Waals surface area contributed by atoms with E-state index in [0.29, 0.717) is 12.0 Å². The Hall–Kier alpha value is -3.17. The number of aryl methyl sites for hydroxylation is 1. The van der Waals surface area contributed by atoms with Gasteiger partial charge in [0.15, 0.2) is 11.4 Å². The summed E-state index contributed by atoms with van der Waals surface area (Å²) in [4.78, 5) is 39.8. The molecule has 1 aromatic rings. The molecular formula is C22H24N2O7. The Morgan fingerprint density at radius 3 is 2.42 bits per heavy atom. The molecule has 0 saturated carbocycles. The number of carbonyl (C=O) groups excluding carboxylic acids is 3. The van der Waals surface area contributed by atoms with Crippen molar-refractivity contribution in [3.05, 3.63) is 51.5 Å². The van der Waals surface area contributed by atoms with Crippen molar-refractivity contribution in [2.24, 2.45) is 17.6 Å². The molecule has 4 atom stereocenters. The number of phenols is 1. The van der Waals surface area contributed by atoms with Gasteiger partial charge in [-0.05, 0) is 57.0 Å². The number of amides is 1. The van der Waals surface area contributed by atoms with Crippen LogP contribution in [0.4, 0.5) is 0 Å². The fourth-order valence-electron chi connectivity index (χ4n) is 5.43. The summed E-state index contributed by atoms with van der Waals surface area (Å²) in [5.41, 5.74) is 3.11. The van der Waals surface area contributed by atoms with Crippen molar-refractivity contribution in [1.82, 2.24) is 4.90 Å². The summed E-state index contributed by atoms with van der Waals surface area (Å²) in [5, 5.41) is 43.5. The Labute approximate surface area is 178 Å². The molecule has 4 rings (SSSR count). The number of Topliss-reactive ketones (excluding diaryl/α,β-unsaturated/α-hetero) is 2. The molecule has 9 heteroatoms. The van der Waals surface area contributed by atoms with E-state index in [0.717, 1.165) is 5.56 Å². The number of aliphatic hydroxyl groups excluding tert-OH is 2. The van der Waals surface area contributed by atoms with Gasteiger partial charge in [0.25, 0.3) is 5.91 Å². The van der Waals surface area contributed by atoms with Crippen molar-refractivity contribution >= 4 is 17.5 Å². The third-order valence-corrected chi connectivity index (χ3v) is 6.67. The first-order chi connectivity index (χ1) is 14.4. The first-order valence-electron chi connectivity index (χ1n) is 9.88. The third-order valence-electron chi connectivity index (χ3n) is 6.67. The number of nitrogens with two attached hydrogens (primary N) is 1. The summed E-state index contributed by atoms with van der Waals surface area (Å²) >= 11 is 0. The molecule has 0 unspecified atom stereocenters. The minimum atomic E-state index is -2.61. The number of phenolic OH excluding ortho intramolecular Hbond substituents is 1. The predicted molar refractivity (Wildman–Crippen MR) is 108 cm³/mol. The van der Waals surface area contributed by atoms with E-state index in [9.17, 15) is 34.8 Å². The molecule has 0 aliphatic heterocycles. The van der Waals surface area contributed by atoms with Crippen LogP contribution >= 0.6 is 0 Å². The van der Waals surface area contributed by atoms with Crippen LogP contribution < -0.4 is 5.73 Å². The van der Waals surface area contributed by atoms with Crippen LogP contribution in [0.3, 0.4) is 0 Å². The number of hydrogen-bond acceptors (Lipinski definition) is 8. The lowest BCUT2D eigenvalue weighted by atomic mass is 9.58. The molecule has 0 aromatic heterocycles. The quantitative estimate of drug-likeness (QED) is 0.424. The first-order valence-corrected chi connectivity index (χ1v) is 9.88. The van der Waals surface area contributed by atoms with Crippen LogP contribution in [0.25, 0.3) is 0 Å². The zero-order chi connectivity index (χ0) is 23.0. The molecule has 0 bridgehead atoms. The van der Waals surface area contributed by atoms with Gasteiger partial charge < -0.3 is 26.2 Å². The number of primary amides is 1. The molecular weight excluding hydrogens is 404 g/mol. The molecule has 1 amide bonds. The summed E-state index contributed by atoms with van der Waals surface area (Å²) in [6, 6.07) is 2.21. The number of carbonyl (C=O) groups is 3. The number of aliphatic hydroxyl groups is 3. The lowest BCUT2D eigenvalue weighted by molar-refractivity contribution is -0.148. The Morgan fingerprint density at radius 1 is 1.19 bits per heavy atom. The zero-order valence-corrected chi connectivity index (χ0v) is 17.3. The van der Waals surface area contributed by atoms with Crippen molar-refractivity contribution in [3.63, 3.8) is 0 Å². The first kappa shape index (κ1) is 21.1. The number of rotatable bonds is 2. The predicted octanol–water partition coefficient (Wildman–Crippen LogP) is 0.429. The highest BCUT2D eigenvalue weighted by Crippen LogP contribution is 2.52. The fraction of sp³-hybridized carbons (Fsp3) is 0.409. The average molecular weight is 428 g/mol. The molecule has 9 nitrogen and oxygen atoms in total. The van der Waals surface area contributed by atoms with Gasteiger partial charge in [-0.3, -0.25) is 19.3 Å². The summed E-state index contributed by atoms with van der Waals surface area (Å²) in [7, 11) is 3.18. The van der Waals surface area contributed by atoms with E-state index >= 15 is 0 Å². The van der Waals surface area contributed by atoms with E-state index in [1.54, 1.807) is 27.1 Å².